The second kappa shape index (κ2) is 7.98. The van der Waals surface area contributed by atoms with Gasteiger partial charge >= 0.3 is 5.97 Å². The van der Waals surface area contributed by atoms with E-state index in [2.05, 4.69) is 4.98 Å². The van der Waals surface area contributed by atoms with Crippen LogP contribution in [0.15, 0.2) is 77.4 Å². The number of carbonyl (C=O) groups is 2. The number of ketones is 1. The van der Waals surface area contributed by atoms with E-state index in [0.29, 0.717) is 39.2 Å². The number of hydrogen-bond donors (Lipinski definition) is 0. The number of nitrogens with zero attached hydrogens (tertiary/aromatic N) is 1. The lowest BCUT2D eigenvalue weighted by Crippen LogP contribution is -2.15. The molecule has 0 fully saturated rings. The summed E-state index contributed by atoms with van der Waals surface area (Å²) < 4.78 is 15.8. The fourth-order valence-electron chi connectivity index (χ4n) is 2.98. The van der Waals surface area contributed by atoms with Crippen molar-refractivity contribution in [3.8, 4) is 17.2 Å². The number of benzene rings is 2. The van der Waals surface area contributed by atoms with Gasteiger partial charge in [-0.15, -0.1) is 0 Å². The van der Waals surface area contributed by atoms with Gasteiger partial charge in [-0.1, -0.05) is 30.3 Å². The molecule has 0 radical (unpaired) electrons. The third-order valence-corrected chi connectivity index (χ3v) is 4.44. The van der Waals surface area contributed by atoms with Gasteiger partial charge in [0.2, 0.25) is 0 Å². The van der Waals surface area contributed by atoms with Crippen LogP contribution >= 0.6 is 0 Å². The van der Waals surface area contributed by atoms with E-state index in [0.717, 1.165) is 0 Å². The number of furan rings is 1. The first-order valence-corrected chi connectivity index (χ1v) is 8.94. The predicted octanol–water partition coefficient (Wildman–Crippen LogP) is 4.54. The number of methoxy groups -OCH3 is 1. The first-order chi connectivity index (χ1) is 14.2. The molecular formula is C23H17NO5. The van der Waals surface area contributed by atoms with Crippen molar-refractivity contribution in [2.24, 2.45) is 0 Å². The molecule has 29 heavy (non-hydrogen) atoms. The second-order valence-electron chi connectivity index (χ2n) is 6.28. The third-order valence-electron chi connectivity index (χ3n) is 4.44. The SMILES string of the molecule is COc1cccc(C(=O)COC(=O)c2cc(-c3ccco3)nc3ccccc23)c1. The van der Waals surface area contributed by atoms with E-state index < -0.39 is 5.97 Å². The van der Waals surface area contributed by atoms with Gasteiger partial charge in [0.1, 0.15) is 11.4 Å². The molecule has 2 aromatic heterocycles. The Labute approximate surface area is 166 Å². The van der Waals surface area contributed by atoms with Crippen molar-refractivity contribution in [3.63, 3.8) is 0 Å². The van der Waals surface area contributed by atoms with Crippen LogP contribution in [0.4, 0.5) is 0 Å². The quantitative estimate of drug-likeness (QED) is 0.357. The summed E-state index contributed by atoms with van der Waals surface area (Å²) in [5.41, 5.74) is 1.88. The minimum absolute atomic E-state index is 0.318. The first-order valence-electron chi connectivity index (χ1n) is 8.94. The summed E-state index contributed by atoms with van der Waals surface area (Å²) >= 11 is 0. The molecule has 6 heteroatoms. The largest absolute Gasteiger partial charge is 0.497 e. The molecule has 2 aromatic carbocycles. The van der Waals surface area contributed by atoms with Gasteiger partial charge in [0, 0.05) is 10.9 Å². The Morgan fingerprint density at radius 1 is 1.00 bits per heavy atom. The van der Waals surface area contributed by atoms with Crippen molar-refractivity contribution in [2.45, 2.75) is 0 Å². The number of aromatic nitrogens is 1. The van der Waals surface area contributed by atoms with Crippen molar-refractivity contribution in [1.29, 1.82) is 0 Å². The zero-order valence-electron chi connectivity index (χ0n) is 15.6. The van der Waals surface area contributed by atoms with Crippen LogP contribution < -0.4 is 4.74 Å². The second-order valence-corrected chi connectivity index (χ2v) is 6.28. The molecule has 0 atom stereocenters. The number of ether oxygens (including phenoxy) is 2. The summed E-state index contributed by atoms with van der Waals surface area (Å²) in [5.74, 6) is 0.178. The van der Waals surface area contributed by atoms with Crippen molar-refractivity contribution < 1.29 is 23.5 Å². The molecule has 0 unspecified atom stereocenters. The number of rotatable bonds is 6. The molecule has 6 nitrogen and oxygen atoms in total. The molecule has 0 amide bonds. The van der Waals surface area contributed by atoms with Crippen molar-refractivity contribution in [2.75, 3.05) is 13.7 Å². The normalized spacial score (nSPS) is 10.7. The Morgan fingerprint density at radius 3 is 2.66 bits per heavy atom. The summed E-state index contributed by atoms with van der Waals surface area (Å²) in [7, 11) is 1.52. The first kappa shape index (κ1) is 18.4. The molecule has 4 aromatic rings. The zero-order valence-corrected chi connectivity index (χ0v) is 15.6. The van der Waals surface area contributed by atoms with Gasteiger partial charge in [-0.05, 0) is 36.4 Å². The van der Waals surface area contributed by atoms with Crippen LogP contribution in [0.5, 0.6) is 5.75 Å². The molecule has 4 rings (SSSR count). The number of esters is 1. The lowest BCUT2D eigenvalue weighted by atomic mass is 10.1. The van der Waals surface area contributed by atoms with E-state index in [9.17, 15) is 9.59 Å². The smallest absolute Gasteiger partial charge is 0.339 e. The van der Waals surface area contributed by atoms with Crippen LogP contribution in [0.25, 0.3) is 22.4 Å². The molecule has 0 bridgehead atoms. The van der Waals surface area contributed by atoms with Gasteiger partial charge in [-0.2, -0.15) is 0 Å². The topological polar surface area (TPSA) is 78.6 Å². The molecule has 0 aliphatic rings. The van der Waals surface area contributed by atoms with Crippen LogP contribution in [0, 0.1) is 0 Å². The maximum Gasteiger partial charge on any atom is 0.339 e. The third kappa shape index (κ3) is 3.87. The highest BCUT2D eigenvalue weighted by Crippen LogP contribution is 2.25. The van der Waals surface area contributed by atoms with Gasteiger partial charge in [0.15, 0.2) is 18.2 Å². The molecule has 0 N–H and O–H groups in total. The number of hydrogen-bond acceptors (Lipinski definition) is 6. The van der Waals surface area contributed by atoms with E-state index in [1.807, 2.05) is 12.1 Å². The van der Waals surface area contributed by atoms with Gasteiger partial charge < -0.3 is 13.9 Å². The van der Waals surface area contributed by atoms with Crippen molar-refractivity contribution in [1.82, 2.24) is 4.98 Å². The Balaban J connectivity index is 1.60. The maximum absolute atomic E-state index is 12.8. The number of carbonyl (C=O) groups excluding carboxylic acids is 2. The molecule has 0 aliphatic carbocycles. The number of Topliss-reactive ketones (excluding diaryl/α,β-unsaturated/α-hetero) is 1. The lowest BCUT2D eigenvalue weighted by Gasteiger charge is -2.09. The Morgan fingerprint density at radius 2 is 1.86 bits per heavy atom. The van der Waals surface area contributed by atoms with Crippen LogP contribution in [-0.2, 0) is 4.74 Å². The summed E-state index contributed by atoms with van der Waals surface area (Å²) in [6.45, 7) is -0.376. The summed E-state index contributed by atoms with van der Waals surface area (Å²) in [6.07, 6.45) is 1.54. The fraction of sp³-hybridized carbons (Fsp3) is 0.0870. The van der Waals surface area contributed by atoms with Crippen LogP contribution in [0.2, 0.25) is 0 Å². The van der Waals surface area contributed by atoms with Gasteiger partial charge in [0.25, 0.3) is 0 Å². The molecule has 0 saturated heterocycles. The molecular weight excluding hydrogens is 370 g/mol. The standard InChI is InChI=1S/C23H17NO5/c1-27-16-7-4-6-15(12-16)21(25)14-29-23(26)18-13-20(22-10-5-11-28-22)24-19-9-3-2-8-17(18)19/h2-13H,14H2,1H3. The average Bonchev–Trinajstić information content (AvgIpc) is 3.31. The predicted molar refractivity (Wildman–Crippen MR) is 107 cm³/mol. The van der Waals surface area contributed by atoms with Crippen molar-refractivity contribution >= 4 is 22.7 Å². The van der Waals surface area contributed by atoms with E-state index in [-0.39, 0.29) is 12.4 Å². The van der Waals surface area contributed by atoms with Crippen LogP contribution in [0.1, 0.15) is 20.7 Å². The molecule has 0 saturated carbocycles. The van der Waals surface area contributed by atoms with Gasteiger partial charge in [-0.25, -0.2) is 9.78 Å². The number of pyridine rings is 1. The van der Waals surface area contributed by atoms with Gasteiger partial charge in [0.05, 0.1) is 24.5 Å². The highest BCUT2D eigenvalue weighted by Gasteiger charge is 2.18. The zero-order chi connectivity index (χ0) is 20.2. The molecule has 0 aliphatic heterocycles. The highest BCUT2D eigenvalue weighted by molar-refractivity contribution is 6.06. The highest BCUT2D eigenvalue weighted by atomic mass is 16.5. The van der Waals surface area contributed by atoms with Crippen molar-refractivity contribution in [3.05, 3.63) is 84.1 Å². The molecule has 2 heterocycles. The minimum atomic E-state index is -0.604. The maximum atomic E-state index is 12.8. The minimum Gasteiger partial charge on any atom is -0.497 e. The van der Waals surface area contributed by atoms with E-state index >= 15 is 0 Å². The van der Waals surface area contributed by atoms with Crippen LogP contribution in [-0.4, -0.2) is 30.5 Å². The monoisotopic (exact) mass is 387 g/mol. The summed E-state index contributed by atoms with van der Waals surface area (Å²) in [5, 5.41) is 0.640. The lowest BCUT2D eigenvalue weighted by molar-refractivity contribution is 0.0476. The average molecular weight is 387 g/mol. The van der Waals surface area contributed by atoms with Gasteiger partial charge in [-0.3, -0.25) is 4.79 Å². The Kier molecular flexibility index (Phi) is 5.07. The molecule has 0 spiro atoms. The summed E-state index contributed by atoms with van der Waals surface area (Å²) in [6, 6.07) is 19.1. The number of fused-ring (bicyclic) bond motifs is 1. The van der Waals surface area contributed by atoms with E-state index in [1.54, 1.807) is 54.6 Å². The fourth-order valence-corrected chi connectivity index (χ4v) is 2.98. The summed E-state index contributed by atoms with van der Waals surface area (Å²) in [4.78, 5) is 29.7. The van der Waals surface area contributed by atoms with E-state index in [4.69, 9.17) is 13.9 Å². The van der Waals surface area contributed by atoms with Crippen LogP contribution in [0.3, 0.4) is 0 Å². The van der Waals surface area contributed by atoms with E-state index in [1.165, 1.54) is 13.4 Å². The Bertz CT molecular complexity index is 1180. The number of para-hydroxylation sites is 1. The molecule has 144 valence electrons. The Hall–Kier alpha value is -3.93.